The Morgan fingerprint density at radius 2 is 1.72 bits per heavy atom. The number of aryl methyl sites for hydroxylation is 1. The molecule has 7 heteroatoms. The number of aromatic nitrogens is 4. The van der Waals surface area contributed by atoms with Crippen LogP contribution in [0.5, 0.6) is 5.75 Å². The van der Waals surface area contributed by atoms with Gasteiger partial charge in [0.05, 0.1) is 6.61 Å². The van der Waals surface area contributed by atoms with E-state index in [1.54, 1.807) is 18.9 Å². The van der Waals surface area contributed by atoms with Crippen LogP contribution in [0.25, 0.3) is 11.1 Å². The van der Waals surface area contributed by atoms with Gasteiger partial charge in [0.2, 0.25) is 0 Å². The number of hydrogen-bond acceptors (Lipinski definition) is 6. The number of hydrogen-bond donors (Lipinski definition) is 0. The van der Waals surface area contributed by atoms with E-state index in [-0.39, 0.29) is 0 Å². The molecule has 164 valence electrons. The zero-order valence-corrected chi connectivity index (χ0v) is 18.9. The molecule has 0 fully saturated rings. The van der Waals surface area contributed by atoms with Gasteiger partial charge in [-0.05, 0) is 30.2 Å². The Labute approximate surface area is 192 Å². The van der Waals surface area contributed by atoms with Crippen molar-refractivity contribution in [2.75, 3.05) is 19.5 Å². The molecule has 0 atom stereocenters. The minimum absolute atomic E-state index is 0.335. The van der Waals surface area contributed by atoms with Gasteiger partial charge in [0.25, 0.3) is 0 Å². The summed E-state index contributed by atoms with van der Waals surface area (Å²) < 4.78 is 13.6. The van der Waals surface area contributed by atoms with Gasteiger partial charge in [0.1, 0.15) is 12.4 Å². The molecule has 0 aliphatic carbocycles. The third kappa shape index (κ3) is 5.75. The van der Waals surface area contributed by atoms with Crippen molar-refractivity contribution in [3.05, 3.63) is 90.5 Å². The fraction of sp³-hybridized carbons (Fsp3) is 0.240. The predicted molar refractivity (Wildman–Crippen MR) is 127 cm³/mol. The molecule has 0 unspecified atom stereocenters. The molecule has 4 aromatic rings. The second-order valence-electron chi connectivity index (χ2n) is 7.11. The standard InChI is InChI=1S/C25H26N4O2S/c1-30-17-16-29-24(27-28-25(29)32-18-14-21-11-7-8-15-26-21)19-31-23-13-6-5-12-22(23)20-9-3-2-4-10-20/h2-13,15H,14,16-19H2,1H3. The summed E-state index contributed by atoms with van der Waals surface area (Å²) >= 11 is 1.67. The smallest absolute Gasteiger partial charge is 0.191 e. The van der Waals surface area contributed by atoms with Crippen LogP contribution in [0, 0.1) is 0 Å². The van der Waals surface area contributed by atoms with Crippen LogP contribution < -0.4 is 4.74 Å². The lowest BCUT2D eigenvalue weighted by atomic mass is 10.1. The molecule has 2 aromatic carbocycles. The van der Waals surface area contributed by atoms with Crippen LogP contribution in [-0.2, 0) is 24.3 Å². The lowest BCUT2D eigenvalue weighted by molar-refractivity contribution is 0.181. The molecule has 0 amide bonds. The maximum atomic E-state index is 6.20. The third-order valence-electron chi connectivity index (χ3n) is 4.96. The Bertz CT molecular complexity index is 1100. The second kappa shape index (κ2) is 11.5. The summed E-state index contributed by atoms with van der Waals surface area (Å²) in [5.41, 5.74) is 3.25. The average molecular weight is 447 g/mol. The van der Waals surface area contributed by atoms with E-state index in [0.717, 1.165) is 45.7 Å². The minimum atomic E-state index is 0.335. The molecule has 4 rings (SSSR count). The molecule has 0 saturated carbocycles. The second-order valence-corrected chi connectivity index (χ2v) is 8.18. The summed E-state index contributed by atoms with van der Waals surface area (Å²) in [6, 6.07) is 24.3. The van der Waals surface area contributed by atoms with E-state index in [0.29, 0.717) is 19.8 Å². The highest BCUT2D eigenvalue weighted by Crippen LogP contribution is 2.30. The zero-order chi connectivity index (χ0) is 22.0. The molecule has 0 radical (unpaired) electrons. The predicted octanol–water partition coefficient (Wildman–Crippen LogP) is 4.90. The first kappa shape index (κ1) is 22.0. The molecule has 0 spiro atoms. The van der Waals surface area contributed by atoms with Crippen molar-refractivity contribution < 1.29 is 9.47 Å². The Morgan fingerprint density at radius 1 is 0.906 bits per heavy atom. The topological polar surface area (TPSA) is 62.1 Å². The van der Waals surface area contributed by atoms with Gasteiger partial charge in [0, 0.05) is 36.9 Å². The highest BCUT2D eigenvalue weighted by molar-refractivity contribution is 7.99. The number of thioether (sulfide) groups is 1. The third-order valence-corrected chi connectivity index (χ3v) is 5.93. The first-order valence-corrected chi connectivity index (χ1v) is 11.5. The summed E-state index contributed by atoms with van der Waals surface area (Å²) in [7, 11) is 1.70. The Kier molecular flexibility index (Phi) is 7.89. The summed E-state index contributed by atoms with van der Waals surface area (Å²) in [6.07, 6.45) is 2.70. The van der Waals surface area contributed by atoms with Crippen molar-refractivity contribution in [2.45, 2.75) is 24.7 Å². The lowest BCUT2D eigenvalue weighted by Gasteiger charge is -2.13. The Morgan fingerprint density at radius 3 is 2.53 bits per heavy atom. The Hall–Kier alpha value is -3.16. The van der Waals surface area contributed by atoms with E-state index in [2.05, 4.69) is 37.9 Å². The lowest BCUT2D eigenvalue weighted by Crippen LogP contribution is -2.12. The van der Waals surface area contributed by atoms with Crippen LogP contribution in [0.15, 0.2) is 84.1 Å². The summed E-state index contributed by atoms with van der Waals surface area (Å²) in [5.74, 6) is 2.48. The molecule has 0 N–H and O–H groups in total. The molecular formula is C25H26N4O2S. The van der Waals surface area contributed by atoms with E-state index >= 15 is 0 Å². The van der Waals surface area contributed by atoms with Crippen molar-refractivity contribution in [1.82, 2.24) is 19.7 Å². The van der Waals surface area contributed by atoms with E-state index in [4.69, 9.17) is 9.47 Å². The number of rotatable bonds is 11. The summed E-state index contributed by atoms with van der Waals surface area (Å²) in [6.45, 7) is 1.59. The largest absolute Gasteiger partial charge is 0.485 e. The highest BCUT2D eigenvalue weighted by Gasteiger charge is 2.14. The van der Waals surface area contributed by atoms with Crippen LogP contribution >= 0.6 is 11.8 Å². The number of pyridine rings is 1. The van der Waals surface area contributed by atoms with Gasteiger partial charge < -0.3 is 14.0 Å². The van der Waals surface area contributed by atoms with Gasteiger partial charge in [-0.2, -0.15) is 0 Å². The molecule has 0 aliphatic heterocycles. The van der Waals surface area contributed by atoms with Crippen LogP contribution in [0.4, 0.5) is 0 Å². The van der Waals surface area contributed by atoms with Crippen molar-refractivity contribution in [2.24, 2.45) is 0 Å². The number of benzene rings is 2. The molecule has 0 aliphatic rings. The van der Waals surface area contributed by atoms with Crippen molar-refractivity contribution >= 4 is 11.8 Å². The van der Waals surface area contributed by atoms with E-state index in [1.807, 2.05) is 60.8 Å². The average Bonchev–Trinajstić information content (AvgIpc) is 3.24. The van der Waals surface area contributed by atoms with Crippen molar-refractivity contribution in [3.63, 3.8) is 0 Å². The Balaban J connectivity index is 1.46. The molecule has 6 nitrogen and oxygen atoms in total. The fourth-order valence-electron chi connectivity index (χ4n) is 3.32. The van der Waals surface area contributed by atoms with Crippen molar-refractivity contribution in [1.29, 1.82) is 0 Å². The summed E-state index contributed by atoms with van der Waals surface area (Å²) in [4.78, 5) is 4.39. The van der Waals surface area contributed by atoms with E-state index < -0.39 is 0 Å². The van der Waals surface area contributed by atoms with Crippen LogP contribution in [0.2, 0.25) is 0 Å². The SMILES string of the molecule is COCCn1c(COc2ccccc2-c2ccccc2)nnc1SCCc1ccccn1. The zero-order valence-electron chi connectivity index (χ0n) is 18.1. The number of ether oxygens (including phenoxy) is 2. The molecule has 32 heavy (non-hydrogen) atoms. The van der Waals surface area contributed by atoms with E-state index in [9.17, 15) is 0 Å². The normalized spacial score (nSPS) is 10.9. The van der Waals surface area contributed by atoms with Gasteiger partial charge in [0.15, 0.2) is 11.0 Å². The van der Waals surface area contributed by atoms with Crippen LogP contribution in [0.3, 0.4) is 0 Å². The molecule has 0 bridgehead atoms. The quantitative estimate of drug-likeness (QED) is 0.305. The van der Waals surface area contributed by atoms with Gasteiger partial charge in [-0.15, -0.1) is 10.2 Å². The monoisotopic (exact) mass is 446 g/mol. The first-order chi connectivity index (χ1) is 15.8. The summed E-state index contributed by atoms with van der Waals surface area (Å²) in [5, 5.41) is 9.69. The first-order valence-electron chi connectivity index (χ1n) is 10.6. The number of methoxy groups -OCH3 is 1. The van der Waals surface area contributed by atoms with Gasteiger partial charge in [-0.3, -0.25) is 4.98 Å². The minimum Gasteiger partial charge on any atom is -0.485 e. The van der Waals surface area contributed by atoms with E-state index in [1.165, 1.54) is 0 Å². The molecule has 2 heterocycles. The maximum absolute atomic E-state index is 6.20. The fourth-order valence-corrected chi connectivity index (χ4v) is 4.27. The van der Waals surface area contributed by atoms with Gasteiger partial charge in [-0.1, -0.05) is 66.4 Å². The van der Waals surface area contributed by atoms with Gasteiger partial charge in [-0.25, -0.2) is 0 Å². The number of nitrogens with zero attached hydrogens (tertiary/aromatic N) is 4. The maximum Gasteiger partial charge on any atom is 0.191 e. The highest BCUT2D eigenvalue weighted by atomic mass is 32.2. The van der Waals surface area contributed by atoms with Crippen LogP contribution in [0.1, 0.15) is 11.5 Å². The van der Waals surface area contributed by atoms with Crippen LogP contribution in [-0.4, -0.2) is 39.2 Å². The van der Waals surface area contributed by atoms with Crippen molar-refractivity contribution in [3.8, 4) is 16.9 Å². The molecule has 0 saturated heterocycles. The van der Waals surface area contributed by atoms with Gasteiger partial charge >= 0.3 is 0 Å². The number of para-hydroxylation sites is 1. The molecular weight excluding hydrogens is 420 g/mol. The molecule has 2 aromatic heterocycles.